The van der Waals surface area contributed by atoms with Crippen molar-refractivity contribution in [1.82, 2.24) is 0 Å². The first-order valence-corrected chi connectivity index (χ1v) is 35.0. The van der Waals surface area contributed by atoms with Gasteiger partial charge in [-0.05, 0) is 116 Å². The van der Waals surface area contributed by atoms with Crippen LogP contribution in [0.5, 0.6) is 0 Å². The highest BCUT2D eigenvalue weighted by Gasteiger charge is 2.19. The molecule has 0 amide bonds. The van der Waals surface area contributed by atoms with Crippen molar-refractivity contribution in [3.8, 4) is 0 Å². The number of ether oxygens (including phenoxy) is 3. The molecule has 0 bridgehead atoms. The quantitative estimate of drug-likeness (QED) is 0.0261. The SMILES string of the molecule is CC/C=C\C/C=C\C/C=C\C/C=C\C/C=C\C/C=C\CCC(=O)OC(COC(=O)CCCCC/C=C\C/C=C\C/C=C\CC)COC(=O)CCCCCCCCCCCCCCCCCCCCCCC/C=C\CCCCCCCCCC. The lowest BCUT2D eigenvalue weighted by atomic mass is 10.0. The van der Waals surface area contributed by atoms with E-state index in [2.05, 4.69) is 136 Å². The Labute approximate surface area is 513 Å². The van der Waals surface area contributed by atoms with Crippen LogP contribution < -0.4 is 0 Å². The van der Waals surface area contributed by atoms with E-state index in [0.717, 1.165) is 103 Å². The maximum absolute atomic E-state index is 12.9. The molecule has 1 atom stereocenters. The van der Waals surface area contributed by atoms with Crippen LogP contribution in [0.4, 0.5) is 0 Å². The second-order valence-electron chi connectivity index (χ2n) is 23.0. The first-order valence-electron chi connectivity index (χ1n) is 35.0. The maximum atomic E-state index is 12.9. The van der Waals surface area contributed by atoms with Gasteiger partial charge in [0.25, 0.3) is 0 Å². The van der Waals surface area contributed by atoms with Crippen LogP contribution in [0.2, 0.25) is 0 Å². The Morgan fingerprint density at radius 3 is 0.807 bits per heavy atom. The lowest BCUT2D eigenvalue weighted by Crippen LogP contribution is -2.30. The van der Waals surface area contributed by atoms with Crippen LogP contribution in [0.25, 0.3) is 0 Å². The molecule has 0 aromatic heterocycles. The minimum absolute atomic E-state index is 0.118. The number of carbonyl (C=O) groups excluding carboxylic acids is 3. The number of unbranched alkanes of at least 4 members (excludes halogenated alkanes) is 32. The maximum Gasteiger partial charge on any atom is 0.306 e. The number of allylic oxidation sites excluding steroid dienone is 20. The molecule has 0 N–H and O–H groups in total. The normalized spacial score (nSPS) is 12.9. The Morgan fingerprint density at radius 2 is 0.494 bits per heavy atom. The van der Waals surface area contributed by atoms with Crippen LogP contribution in [0.15, 0.2) is 122 Å². The van der Waals surface area contributed by atoms with E-state index in [1.165, 1.54) is 180 Å². The van der Waals surface area contributed by atoms with E-state index in [-0.39, 0.29) is 31.6 Å². The summed E-state index contributed by atoms with van der Waals surface area (Å²) in [6.45, 7) is 6.35. The summed E-state index contributed by atoms with van der Waals surface area (Å²) < 4.78 is 16.8. The zero-order valence-electron chi connectivity index (χ0n) is 54.4. The third-order valence-corrected chi connectivity index (χ3v) is 14.9. The Balaban J connectivity index is 4.24. The first kappa shape index (κ1) is 78.8. The van der Waals surface area contributed by atoms with Crippen LogP contribution in [-0.4, -0.2) is 37.2 Å². The number of hydrogen-bond acceptors (Lipinski definition) is 6. The smallest absolute Gasteiger partial charge is 0.306 e. The van der Waals surface area contributed by atoms with Crippen molar-refractivity contribution in [2.45, 2.75) is 335 Å². The Kier molecular flexibility index (Phi) is 66.7. The molecule has 0 aromatic rings. The molecule has 0 saturated heterocycles. The number of rotatable bonds is 63. The molecular formula is C77H130O6. The average Bonchev–Trinajstić information content (AvgIpc) is 3.49. The summed E-state index contributed by atoms with van der Waals surface area (Å²) in [7, 11) is 0. The van der Waals surface area contributed by atoms with Gasteiger partial charge in [0, 0.05) is 19.3 Å². The monoisotopic (exact) mass is 1150 g/mol. The zero-order chi connectivity index (χ0) is 59.9. The van der Waals surface area contributed by atoms with Crippen LogP contribution >= 0.6 is 0 Å². The van der Waals surface area contributed by atoms with Crippen molar-refractivity contribution in [3.05, 3.63) is 122 Å². The van der Waals surface area contributed by atoms with Gasteiger partial charge in [0.15, 0.2) is 6.10 Å². The second kappa shape index (κ2) is 70.3. The van der Waals surface area contributed by atoms with Gasteiger partial charge in [-0.15, -0.1) is 0 Å². The molecule has 6 heteroatoms. The van der Waals surface area contributed by atoms with Crippen molar-refractivity contribution < 1.29 is 28.6 Å². The van der Waals surface area contributed by atoms with Crippen molar-refractivity contribution in [2.24, 2.45) is 0 Å². The van der Waals surface area contributed by atoms with E-state index >= 15 is 0 Å². The third-order valence-electron chi connectivity index (χ3n) is 14.9. The van der Waals surface area contributed by atoms with Crippen molar-refractivity contribution >= 4 is 17.9 Å². The van der Waals surface area contributed by atoms with E-state index in [4.69, 9.17) is 14.2 Å². The Morgan fingerprint density at radius 1 is 0.253 bits per heavy atom. The summed E-state index contributed by atoms with van der Waals surface area (Å²) in [5.41, 5.74) is 0. The third kappa shape index (κ3) is 68.5. The highest BCUT2D eigenvalue weighted by Crippen LogP contribution is 2.17. The number of esters is 3. The molecule has 6 nitrogen and oxygen atoms in total. The van der Waals surface area contributed by atoms with Crippen LogP contribution in [0.3, 0.4) is 0 Å². The molecule has 0 saturated carbocycles. The molecule has 474 valence electrons. The van der Waals surface area contributed by atoms with E-state index < -0.39 is 12.1 Å². The summed E-state index contributed by atoms with van der Waals surface area (Å²) in [4.78, 5) is 38.3. The Bertz CT molecular complexity index is 1700. The highest BCUT2D eigenvalue weighted by molar-refractivity contribution is 5.71. The van der Waals surface area contributed by atoms with Gasteiger partial charge in [-0.2, -0.15) is 0 Å². The molecule has 83 heavy (non-hydrogen) atoms. The van der Waals surface area contributed by atoms with Gasteiger partial charge in [0.1, 0.15) is 13.2 Å². The summed E-state index contributed by atoms with van der Waals surface area (Å²) in [6.07, 6.45) is 98.4. The predicted molar refractivity (Wildman–Crippen MR) is 362 cm³/mol. The molecule has 0 rings (SSSR count). The van der Waals surface area contributed by atoms with Gasteiger partial charge in [0.05, 0.1) is 0 Å². The molecular weight excluding hydrogens is 1020 g/mol. The van der Waals surface area contributed by atoms with E-state index in [9.17, 15) is 14.4 Å². The fourth-order valence-corrected chi connectivity index (χ4v) is 9.77. The molecule has 0 fully saturated rings. The summed E-state index contributed by atoms with van der Waals surface area (Å²) in [6, 6.07) is 0. The highest BCUT2D eigenvalue weighted by atomic mass is 16.6. The lowest BCUT2D eigenvalue weighted by molar-refractivity contribution is -0.166. The standard InChI is InChI=1S/C77H130O6/c1-4-7-10-13-16-19-22-25-27-29-31-32-33-34-35-36-37-38-39-40-41-42-43-44-46-47-49-52-55-58-61-64-67-70-76(79)82-73-74(72-81-75(78)69-66-63-60-57-54-51-24-21-18-15-12-9-6-3)83-77(80)71-68-65-62-59-56-53-50-48-45-30-28-26-23-20-17-14-11-8-5-2/h8-9,11-12,17-18,20-21,26,28-29,31,45,48,51,53-54,56,62,65,74H,4-7,10,13-16,19,22-25,27,30,32-44,46-47,49-50,52,55,57-61,63-64,66-73H2,1-3H3/b11-8-,12-9-,20-17-,21-18-,28-26-,31-29-,48-45-,54-51-,56-53-,65-62-. The van der Waals surface area contributed by atoms with Gasteiger partial charge in [-0.25, -0.2) is 0 Å². The second-order valence-corrected chi connectivity index (χ2v) is 23.0. The topological polar surface area (TPSA) is 78.9 Å². The van der Waals surface area contributed by atoms with Gasteiger partial charge >= 0.3 is 17.9 Å². The van der Waals surface area contributed by atoms with Gasteiger partial charge in [-0.1, -0.05) is 316 Å². The van der Waals surface area contributed by atoms with Gasteiger partial charge < -0.3 is 14.2 Å². The average molecular weight is 1150 g/mol. The number of carbonyl (C=O) groups is 3. The van der Waals surface area contributed by atoms with Crippen molar-refractivity contribution in [2.75, 3.05) is 13.2 Å². The molecule has 0 aliphatic rings. The fourth-order valence-electron chi connectivity index (χ4n) is 9.77. The predicted octanol–water partition coefficient (Wildman–Crippen LogP) is 24.3. The molecule has 0 aliphatic heterocycles. The Hall–Kier alpha value is -4.19. The van der Waals surface area contributed by atoms with Gasteiger partial charge in [-0.3, -0.25) is 14.4 Å². The van der Waals surface area contributed by atoms with Crippen LogP contribution in [-0.2, 0) is 28.6 Å². The lowest BCUT2D eigenvalue weighted by Gasteiger charge is -2.18. The minimum Gasteiger partial charge on any atom is -0.462 e. The summed E-state index contributed by atoms with van der Waals surface area (Å²) in [5, 5.41) is 0. The molecule has 0 spiro atoms. The largest absolute Gasteiger partial charge is 0.462 e. The minimum atomic E-state index is -0.834. The zero-order valence-corrected chi connectivity index (χ0v) is 54.4. The number of hydrogen-bond donors (Lipinski definition) is 0. The van der Waals surface area contributed by atoms with Gasteiger partial charge in [0.2, 0.25) is 0 Å². The molecule has 1 unspecified atom stereocenters. The van der Waals surface area contributed by atoms with E-state index in [1.54, 1.807) is 0 Å². The molecule has 0 aliphatic carbocycles. The van der Waals surface area contributed by atoms with Crippen LogP contribution in [0.1, 0.15) is 329 Å². The first-order chi connectivity index (χ1) is 41.0. The van der Waals surface area contributed by atoms with E-state index in [1.807, 2.05) is 6.08 Å². The molecule has 0 aromatic carbocycles. The van der Waals surface area contributed by atoms with Crippen LogP contribution in [0, 0.1) is 0 Å². The fraction of sp³-hybridized carbons (Fsp3) is 0.701. The van der Waals surface area contributed by atoms with Crippen molar-refractivity contribution in [3.63, 3.8) is 0 Å². The molecule has 0 heterocycles. The summed E-state index contributed by atoms with van der Waals surface area (Å²) >= 11 is 0. The van der Waals surface area contributed by atoms with Crippen molar-refractivity contribution in [1.29, 1.82) is 0 Å². The van der Waals surface area contributed by atoms with E-state index in [0.29, 0.717) is 19.3 Å². The summed E-state index contributed by atoms with van der Waals surface area (Å²) in [5.74, 6) is -1.03. The molecule has 0 radical (unpaired) electrons.